The molecule has 0 saturated carbocycles. The lowest BCUT2D eigenvalue weighted by molar-refractivity contribution is 0.0697. The van der Waals surface area contributed by atoms with Gasteiger partial charge in [-0.15, -0.1) is 0 Å². The van der Waals surface area contributed by atoms with Crippen LogP contribution < -0.4 is 4.74 Å². The predicted octanol–water partition coefficient (Wildman–Crippen LogP) is 3.37. The van der Waals surface area contributed by atoms with E-state index < -0.39 is 5.97 Å². The molecule has 0 aliphatic carbocycles. The van der Waals surface area contributed by atoms with Gasteiger partial charge in [-0.25, -0.2) is 4.79 Å². The zero-order valence-corrected chi connectivity index (χ0v) is 10.3. The Bertz CT molecular complexity index is 588. The highest BCUT2D eigenvalue weighted by molar-refractivity contribution is 5.90. The number of carboxylic acids is 1. The lowest BCUT2D eigenvalue weighted by atomic mass is 9.98. The van der Waals surface area contributed by atoms with Crippen molar-refractivity contribution in [3.05, 3.63) is 53.6 Å². The van der Waals surface area contributed by atoms with Gasteiger partial charge in [-0.2, -0.15) is 0 Å². The Labute approximate surface area is 106 Å². The van der Waals surface area contributed by atoms with Crippen molar-refractivity contribution in [3.8, 4) is 16.9 Å². The third kappa shape index (κ3) is 2.35. The second kappa shape index (κ2) is 4.92. The maximum atomic E-state index is 11.0. The van der Waals surface area contributed by atoms with Crippen LogP contribution in [0.15, 0.2) is 42.5 Å². The average Bonchev–Trinajstić information content (AvgIpc) is 2.39. The van der Waals surface area contributed by atoms with Gasteiger partial charge in [0, 0.05) is 0 Å². The molecule has 92 valence electrons. The molecule has 0 bridgehead atoms. The molecule has 3 nitrogen and oxygen atoms in total. The second-order valence-corrected chi connectivity index (χ2v) is 4.07. The summed E-state index contributed by atoms with van der Waals surface area (Å²) in [5.41, 5.74) is 3.19. The molecule has 3 heteroatoms. The van der Waals surface area contributed by atoms with E-state index in [0.29, 0.717) is 5.56 Å². The van der Waals surface area contributed by atoms with Crippen molar-refractivity contribution >= 4 is 5.97 Å². The van der Waals surface area contributed by atoms with Gasteiger partial charge in [0.25, 0.3) is 0 Å². The van der Waals surface area contributed by atoms with Crippen molar-refractivity contribution in [1.82, 2.24) is 0 Å². The molecule has 0 atom stereocenters. The van der Waals surface area contributed by atoms with E-state index in [9.17, 15) is 4.79 Å². The Morgan fingerprint density at radius 3 is 2.61 bits per heavy atom. The zero-order valence-electron chi connectivity index (χ0n) is 10.3. The second-order valence-electron chi connectivity index (χ2n) is 4.07. The summed E-state index contributed by atoms with van der Waals surface area (Å²) in [5, 5.41) is 9.02. The third-order valence-electron chi connectivity index (χ3n) is 2.87. The van der Waals surface area contributed by atoms with E-state index in [2.05, 4.69) is 0 Å². The lowest BCUT2D eigenvalue weighted by Gasteiger charge is -2.09. The van der Waals surface area contributed by atoms with Crippen LogP contribution in [0.1, 0.15) is 15.9 Å². The first-order valence-electron chi connectivity index (χ1n) is 5.60. The fourth-order valence-corrected chi connectivity index (χ4v) is 1.86. The van der Waals surface area contributed by atoms with Crippen LogP contribution in [-0.2, 0) is 0 Å². The SMILES string of the molecule is COc1cccc(-c2cc(C(=O)O)ccc2C)c1. The molecular formula is C15H14O3. The summed E-state index contributed by atoms with van der Waals surface area (Å²) in [5.74, 6) is -0.160. The summed E-state index contributed by atoms with van der Waals surface area (Å²) >= 11 is 0. The molecule has 1 N–H and O–H groups in total. The van der Waals surface area contributed by atoms with Crippen molar-refractivity contribution in [2.75, 3.05) is 7.11 Å². The molecule has 0 saturated heterocycles. The van der Waals surface area contributed by atoms with E-state index in [1.807, 2.05) is 37.3 Å². The van der Waals surface area contributed by atoms with Crippen molar-refractivity contribution in [2.24, 2.45) is 0 Å². The molecular weight excluding hydrogens is 228 g/mol. The molecule has 0 amide bonds. The van der Waals surface area contributed by atoms with Crippen molar-refractivity contribution < 1.29 is 14.6 Å². The van der Waals surface area contributed by atoms with Gasteiger partial charge < -0.3 is 9.84 Å². The van der Waals surface area contributed by atoms with Gasteiger partial charge in [-0.05, 0) is 47.9 Å². The van der Waals surface area contributed by atoms with Crippen LogP contribution in [0.5, 0.6) is 5.75 Å². The fraction of sp³-hybridized carbons (Fsp3) is 0.133. The van der Waals surface area contributed by atoms with Gasteiger partial charge in [0.1, 0.15) is 5.75 Å². The number of hydrogen-bond acceptors (Lipinski definition) is 2. The highest BCUT2D eigenvalue weighted by Crippen LogP contribution is 2.27. The number of rotatable bonds is 3. The van der Waals surface area contributed by atoms with E-state index in [4.69, 9.17) is 9.84 Å². The third-order valence-corrected chi connectivity index (χ3v) is 2.87. The normalized spacial score (nSPS) is 10.1. The molecule has 0 aliphatic heterocycles. The number of aryl methyl sites for hydroxylation is 1. The minimum Gasteiger partial charge on any atom is -0.497 e. The van der Waals surface area contributed by atoms with Crippen molar-refractivity contribution in [3.63, 3.8) is 0 Å². The summed E-state index contributed by atoms with van der Waals surface area (Å²) in [6.45, 7) is 1.96. The van der Waals surface area contributed by atoms with E-state index in [1.54, 1.807) is 19.2 Å². The van der Waals surface area contributed by atoms with Gasteiger partial charge in [-0.1, -0.05) is 18.2 Å². The summed E-state index contributed by atoms with van der Waals surface area (Å²) in [7, 11) is 1.61. The van der Waals surface area contributed by atoms with E-state index in [0.717, 1.165) is 22.4 Å². The van der Waals surface area contributed by atoms with Gasteiger partial charge in [-0.3, -0.25) is 0 Å². The maximum absolute atomic E-state index is 11.0. The molecule has 0 unspecified atom stereocenters. The molecule has 0 aliphatic rings. The van der Waals surface area contributed by atoms with Crippen LogP contribution in [0.3, 0.4) is 0 Å². The van der Waals surface area contributed by atoms with Gasteiger partial charge in [0.05, 0.1) is 12.7 Å². The number of carbonyl (C=O) groups is 1. The first kappa shape index (κ1) is 12.2. The van der Waals surface area contributed by atoms with Gasteiger partial charge in [0.2, 0.25) is 0 Å². The number of ether oxygens (including phenoxy) is 1. The molecule has 2 aromatic rings. The van der Waals surface area contributed by atoms with Crippen LogP contribution in [0.2, 0.25) is 0 Å². The van der Waals surface area contributed by atoms with Gasteiger partial charge >= 0.3 is 5.97 Å². The number of hydrogen-bond donors (Lipinski definition) is 1. The fourth-order valence-electron chi connectivity index (χ4n) is 1.86. The summed E-state index contributed by atoms with van der Waals surface area (Å²) in [6.07, 6.45) is 0. The molecule has 0 heterocycles. The standard InChI is InChI=1S/C15H14O3/c1-10-6-7-12(15(16)17)9-14(10)11-4-3-5-13(8-11)18-2/h3-9H,1-2H3,(H,16,17). The van der Waals surface area contributed by atoms with Crippen molar-refractivity contribution in [1.29, 1.82) is 0 Å². The minimum atomic E-state index is -0.917. The Hall–Kier alpha value is -2.29. The Morgan fingerprint density at radius 2 is 1.94 bits per heavy atom. The Morgan fingerprint density at radius 1 is 1.17 bits per heavy atom. The quantitative estimate of drug-likeness (QED) is 0.897. The molecule has 0 spiro atoms. The Balaban J connectivity index is 2.54. The van der Waals surface area contributed by atoms with Crippen LogP contribution in [-0.4, -0.2) is 18.2 Å². The number of carboxylic acid groups (broad SMARTS) is 1. The lowest BCUT2D eigenvalue weighted by Crippen LogP contribution is -1.97. The smallest absolute Gasteiger partial charge is 0.335 e. The van der Waals surface area contributed by atoms with Crippen LogP contribution in [0.4, 0.5) is 0 Å². The van der Waals surface area contributed by atoms with E-state index in [-0.39, 0.29) is 0 Å². The van der Waals surface area contributed by atoms with Crippen LogP contribution in [0, 0.1) is 6.92 Å². The molecule has 0 aromatic heterocycles. The number of benzene rings is 2. The first-order valence-corrected chi connectivity index (χ1v) is 5.60. The molecule has 18 heavy (non-hydrogen) atoms. The number of methoxy groups -OCH3 is 1. The molecule has 2 rings (SSSR count). The largest absolute Gasteiger partial charge is 0.497 e. The van der Waals surface area contributed by atoms with Crippen molar-refractivity contribution in [2.45, 2.75) is 6.92 Å². The first-order chi connectivity index (χ1) is 8.61. The highest BCUT2D eigenvalue weighted by Gasteiger charge is 2.08. The molecule has 0 fully saturated rings. The minimum absolute atomic E-state index is 0.290. The monoisotopic (exact) mass is 242 g/mol. The summed E-state index contributed by atoms with van der Waals surface area (Å²) < 4.78 is 5.18. The summed E-state index contributed by atoms with van der Waals surface area (Å²) in [4.78, 5) is 11.0. The summed E-state index contributed by atoms with van der Waals surface area (Å²) in [6, 6.07) is 12.7. The topological polar surface area (TPSA) is 46.5 Å². The van der Waals surface area contributed by atoms with Gasteiger partial charge in [0.15, 0.2) is 0 Å². The maximum Gasteiger partial charge on any atom is 0.335 e. The Kier molecular flexibility index (Phi) is 3.33. The zero-order chi connectivity index (χ0) is 13.1. The van der Waals surface area contributed by atoms with Crippen LogP contribution >= 0.6 is 0 Å². The molecule has 2 aromatic carbocycles. The average molecular weight is 242 g/mol. The predicted molar refractivity (Wildman–Crippen MR) is 70.1 cm³/mol. The van der Waals surface area contributed by atoms with E-state index in [1.165, 1.54) is 0 Å². The highest BCUT2D eigenvalue weighted by atomic mass is 16.5. The number of aromatic carboxylic acids is 1. The molecule has 0 radical (unpaired) electrons. The van der Waals surface area contributed by atoms with E-state index >= 15 is 0 Å². The van der Waals surface area contributed by atoms with Crippen LogP contribution in [0.25, 0.3) is 11.1 Å².